The van der Waals surface area contributed by atoms with Crippen molar-refractivity contribution in [3.05, 3.63) is 35.4 Å². The van der Waals surface area contributed by atoms with E-state index in [0.717, 1.165) is 32.7 Å². The fourth-order valence-corrected chi connectivity index (χ4v) is 2.31. The van der Waals surface area contributed by atoms with Crippen LogP contribution in [0.4, 0.5) is 0 Å². The van der Waals surface area contributed by atoms with Gasteiger partial charge in [-0.3, -0.25) is 4.90 Å². The maximum atomic E-state index is 6.27. The lowest BCUT2D eigenvalue weighted by molar-refractivity contribution is 0.147. The predicted molar refractivity (Wildman–Crippen MR) is 72.0 cm³/mol. The fourth-order valence-electron chi connectivity index (χ4n) is 2.31. The van der Waals surface area contributed by atoms with Crippen molar-refractivity contribution >= 4 is 0 Å². The second-order valence-electron chi connectivity index (χ2n) is 5.12. The number of benzene rings is 1. The van der Waals surface area contributed by atoms with Gasteiger partial charge < -0.3 is 10.6 Å². The largest absolute Gasteiger partial charge is 0.323 e. The minimum absolute atomic E-state index is 0.137. The van der Waals surface area contributed by atoms with Gasteiger partial charge in [0.15, 0.2) is 0 Å². The molecule has 2 rings (SSSR count). The molecule has 17 heavy (non-hydrogen) atoms. The summed E-state index contributed by atoms with van der Waals surface area (Å²) in [6.07, 6.45) is 0. The standard InChI is InChI=1S/C14H23N3/c1-12-4-3-5-13(10-12)14(15)11-17-8-6-16(2)7-9-17/h3-5,10,14H,6-9,11,15H2,1-2H3. The van der Waals surface area contributed by atoms with Crippen molar-refractivity contribution in [1.82, 2.24) is 9.80 Å². The number of hydrogen-bond acceptors (Lipinski definition) is 3. The van der Waals surface area contributed by atoms with Crippen molar-refractivity contribution in [2.45, 2.75) is 13.0 Å². The smallest absolute Gasteiger partial charge is 0.0424 e. The molecule has 3 nitrogen and oxygen atoms in total. The Balaban J connectivity index is 1.90. The van der Waals surface area contributed by atoms with Gasteiger partial charge in [-0.05, 0) is 19.5 Å². The van der Waals surface area contributed by atoms with E-state index < -0.39 is 0 Å². The summed E-state index contributed by atoms with van der Waals surface area (Å²) in [5.74, 6) is 0. The van der Waals surface area contributed by atoms with Crippen LogP contribution in [0.15, 0.2) is 24.3 Å². The van der Waals surface area contributed by atoms with Crippen LogP contribution in [-0.2, 0) is 0 Å². The van der Waals surface area contributed by atoms with E-state index in [2.05, 4.69) is 48.0 Å². The van der Waals surface area contributed by atoms with Gasteiger partial charge in [-0.25, -0.2) is 0 Å². The molecule has 0 aliphatic carbocycles. The van der Waals surface area contributed by atoms with Crippen LogP contribution in [0.5, 0.6) is 0 Å². The van der Waals surface area contributed by atoms with E-state index in [1.807, 2.05) is 0 Å². The first-order valence-electron chi connectivity index (χ1n) is 6.38. The molecule has 1 atom stereocenters. The number of likely N-dealkylation sites (N-methyl/N-ethyl adjacent to an activating group) is 1. The molecule has 0 aromatic heterocycles. The molecular formula is C14H23N3. The molecule has 1 saturated heterocycles. The van der Waals surface area contributed by atoms with Crippen LogP contribution >= 0.6 is 0 Å². The highest BCUT2D eigenvalue weighted by atomic mass is 15.2. The van der Waals surface area contributed by atoms with Gasteiger partial charge in [0.2, 0.25) is 0 Å². The SMILES string of the molecule is Cc1cccc(C(N)CN2CCN(C)CC2)c1. The monoisotopic (exact) mass is 233 g/mol. The minimum Gasteiger partial charge on any atom is -0.323 e. The molecular weight excluding hydrogens is 210 g/mol. The Kier molecular flexibility index (Phi) is 4.15. The van der Waals surface area contributed by atoms with Crippen LogP contribution in [0.2, 0.25) is 0 Å². The molecule has 2 N–H and O–H groups in total. The molecule has 1 aromatic carbocycles. The molecule has 0 saturated carbocycles. The number of rotatable bonds is 3. The highest BCUT2D eigenvalue weighted by molar-refractivity contribution is 5.25. The van der Waals surface area contributed by atoms with Gasteiger partial charge in [0.25, 0.3) is 0 Å². The van der Waals surface area contributed by atoms with Gasteiger partial charge in [-0.2, -0.15) is 0 Å². The summed E-state index contributed by atoms with van der Waals surface area (Å²) in [7, 11) is 2.18. The van der Waals surface area contributed by atoms with Gasteiger partial charge >= 0.3 is 0 Å². The van der Waals surface area contributed by atoms with Crippen molar-refractivity contribution in [3.63, 3.8) is 0 Å². The Morgan fingerprint density at radius 2 is 1.94 bits per heavy atom. The van der Waals surface area contributed by atoms with Crippen LogP contribution in [-0.4, -0.2) is 49.6 Å². The summed E-state index contributed by atoms with van der Waals surface area (Å²) >= 11 is 0. The first-order chi connectivity index (χ1) is 8.15. The number of hydrogen-bond donors (Lipinski definition) is 1. The van der Waals surface area contributed by atoms with E-state index in [0.29, 0.717) is 0 Å². The van der Waals surface area contributed by atoms with Crippen LogP contribution in [0.1, 0.15) is 17.2 Å². The molecule has 1 heterocycles. The van der Waals surface area contributed by atoms with Gasteiger partial charge in [0, 0.05) is 38.8 Å². The first kappa shape index (κ1) is 12.6. The van der Waals surface area contributed by atoms with E-state index in [4.69, 9.17) is 5.73 Å². The Morgan fingerprint density at radius 1 is 1.24 bits per heavy atom. The van der Waals surface area contributed by atoms with E-state index >= 15 is 0 Å². The normalized spacial score (nSPS) is 20.4. The van der Waals surface area contributed by atoms with E-state index in [1.165, 1.54) is 11.1 Å². The molecule has 0 amide bonds. The summed E-state index contributed by atoms with van der Waals surface area (Å²) in [4.78, 5) is 4.84. The Labute approximate surface area is 104 Å². The van der Waals surface area contributed by atoms with Crippen molar-refractivity contribution in [2.75, 3.05) is 39.8 Å². The third-order valence-electron chi connectivity index (χ3n) is 3.52. The molecule has 0 spiro atoms. The van der Waals surface area contributed by atoms with E-state index in [1.54, 1.807) is 0 Å². The third-order valence-corrected chi connectivity index (χ3v) is 3.52. The Hall–Kier alpha value is -0.900. The topological polar surface area (TPSA) is 32.5 Å². The van der Waals surface area contributed by atoms with Crippen LogP contribution in [0.3, 0.4) is 0 Å². The number of piperazine rings is 1. The summed E-state index contributed by atoms with van der Waals surface area (Å²) in [6.45, 7) is 7.66. The lowest BCUT2D eigenvalue weighted by Gasteiger charge is -2.33. The summed E-state index contributed by atoms with van der Waals surface area (Å²) < 4.78 is 0. The lowest BCUT2D eigenvalue weighted by atomic mass is 10.0. The van der Waals surface area contributed by atoms with Gasteiger partial charge in [0.05, 0.1) is 0 Å². The second-order valence-corrected chi connectivity index (χ2v) is 5.12. The first-order valence-corrected chi connectivity index (χ1v) is 6.38. The summed E-state index contributed by atoms with van der Waals surface area (Å²) in [5.41, 5.74) is 8.82. The van der Waals surface area contributed by atoms with Crippen molar-refractivity contribution in [3.8, 4) is 0 Å². The molecule has 0 bridgehead atoms. The molecule has 1 aromatic rings. The zero-order valence-corrected chi connectivity index (χ0v) is 10.9. The molecule has 1 unspecified atom stereocenters. The van der Waals surface area contributed by atoms with Crippen LogP contribution < -0.4 is 5.73 Å². The molecule has 1 fully saturated rings. The fraction of sp³-hybridized carbons (Fsp3) is 0.571. The van der Waals surface area contributed by atoms with Crippen LogP contribution in [0.25, 0.3) is 0 Å². The molecule has 3 heteroatoms. The summed E-state index contributed by atoms with van der Waals surface area (Å²) in [6, 6.07) is 8.67. The molecule has 1 aliphatic rings. The van der Waals surface area contributed by atoms with Gasteiger partial charge in [-0.15, -0.1) is 0 Å². The van der Waals surface area contributed by atoms with Gasteiger partial charge in [-0.1, -0.05) is 29.8 Å². The number of aryl methyl sites for hydroxylation is 1. The summed E-state index contributed by atoms with van der Waals surface area (Å²) in [5, 5.41) is 0. The van der Waals surface area contributed by atoms with Crippen molar-refractivity contribution in [2.24, 2.45) is 5.73 Å². The zero-order valence-electron chi connectivity index (χ0n) is 10.9. The quantitative estimate of drug-likeness (QED) is 0.852. The van der Waals surface area contributed by atoms with E-state index in [9.17, 15) is 0 Å². The van der Waals surface area contributed by atoms with E-state index in [-0.39, 0.29) is 6.04 Å². The Morgan fingerprint density at radius 3 is 2.59 bits per heavy atom. The molecule has 94 valence electrons. The third kappa shape index (κ3) is 3.53. The Bertz CT molecular complexity index is 356. The maximum absolute atomic E-state index is 6.27. The number of nitrogens with zero attached hydrogens (tertiary/aromatic N) is 2. The molecule has 1 aliphatic heterocycles. The average Bonchev–Trinajstić information content (AvgIpc) is 2.32. The second kappa shape index (κ2) is 5.63. The van der Waals surface area contributed by atoms with Gasteiger partial charge in [0.1, 0.15) is 0 Å². The highest BCUT2D eigenvalue weighted by Gasteiger charge is 2.17. The highest BCUT2D eigenvalue weighted by Crippen LogP contribution is 2.14. The lowest BCUT2D eigenvalue weighted by Crippen LogP contribution is -2.46. The number of nitrogens with two attached hydrogens (primary N) is 1. The average molecular weight is 233 g/mol. The maximum Gasteiger partial charge on any atom is 0.0424 e. The van der Waals surface area contributed by atoms with Crippen molar-refractivity contribution in [1.29, 1.82) is 0 Å². The predicted octanol–water partition coefficient (Wildman–Crippen LogP) is 1.24. The zero-order chi connectivity index (χ0) is 12.3. The molecule has 0 radical (unpaired) electrons. The minimum atomic E-state index is 0.137. The van der Waals surface area contributed by atoms with Crippen molar-refractivity contribution < 1.29 is 0 Å². The van der Waals surface area contributed by atoms with Crippen LogP contribution in [0, 0.1) is 6.92 Å².